The first-order valence-corrected chi connectivity index (χ1v) is 6.56. The van der Waals surface area contributed by atoms with Crippen LogP contribution in [-0.2, 0) is 0 Å². The summed E-state index contributed by atoms with van der Waals surface area (Å²) >= 11 is 12.1. The average molecular weight is 297 g/mol. The molecule has 2 rings (SSSR count). The lowest BCUT2D eigenvalue weighted by molar-refractivity contribution is 0.219. The van der Waals surface area contributed by atoms with Gasteiger partial charge in [0.25, 0.3) is 0 Å². The first-order chi connectivity index (χ1) is 9.02. The third kappa shape index (κ3) is 3.03. The minimum Gasteiger partial charge on any atom is -0.497 e. The van der Waals surface area contributed by atoms with Crippen LogP contribution in [0.1, 0.15) is 22.8 Å². The van der Waals surface area contributed by atoms with E-state index in [1.165, 1.54) is 0 Å². The molecule has 0 radical (unpaired) electrons. The zero-order chi connectivity index (χ0) is 14.0. The standard InChI is InChI=1S/C15H14Cl2O2/c1-9-7-10(16)3-5-12(9)15(18)13-6-4-11(19-2)8-14(13)17/h3-8,15,18H,1-2H3. The van der Waals surface area contributed by atoms with Gasteiger partial charge in [-0.15, -0.1) is 0 Å². The van der Waals surface area contributed by atoms with Gasteiger partial charge in [0.15, 0.2) is 0 Å². The summed E-state index contributed by atoms with van der Waals surface area (Å²) in [5, 5.41) is 11.6. The first kappa shape index (κ1) is 14.2. The number of aliphatic hydroxyl groups is 1. The molecule has 0 spiro atoms. The highest BCUT2D eigenvalue weighted by atomic mass is 35.5. The Bertz CT molecular complexity index is 597. The predicted molar refractivity (Wildman–Crippen MR) is 78.3 cm³/mol. The van der Waals surface area contributed by atoms with Crippen molar-refractivity contribution in [2.24, 2.45) is 0 Å². The van der Waals surface area contributed by atoms with Gasteiger partial charge in [0.1, 0.15) is 11.9 Å². The smallest absolute Gasteiger partial charge is 0.120 e. The lowest BCUT2D eigenvalue weighted by Gasteiger charge is -2.16. The van der Waals surface area contributed by atoms with Crippen LogP contribution in [0.2, 0.25) is 10.0 Å². The number of hydrogen-bond acceptors (Lipinski definition) is 2. The van der Waals surface area contributed by atoms with E-state index in [-0.39, 0.29) is 0 Å². The minimum absolute atomic E-state index is 0.473. The third-order valence-electron chi connectivity index (χ3n) is 3.03. The van der Waals surface area contributed by atoms with Crippen molar-refractivity contribution in [3.05, 3.63) is 63.1 Å². The number of hydrogen-bond donors (Lipinski definition) is 1. The highest BCUT2D eigenvalue weighted by Crippen LogP contribution is 2.33. The molecule has 4 heteroatoms. The molecule has 0 amide bonds. The zero-order valence-corrected chi connectivity index (χ0v) is 12.2. The van der Waals surface area contributed by atoms with Crippen molar-refractivity contribution < 1.29 is 9.84 Å². The van der Waals surface area contributed by atoms with Crippen LogP contribution >= 0.6 is 23.2 Å². The van der Waals surface area contributed by atoms with E-state index in [0.29, 0.717) is 21.4 Å². The van der Waals surface area contributed by atoms with Crippen LogP contribution < -0.4 is 4.74 Å². The zero-order valence-electron chi connectivity index (χ0n) is 10.7. The monoisotopic (exact) mass is 296 g/mol. The molecule has 2 aromatic rings. The SMILES string of the molecule is COc1ccc(C(O)c2ccc(Cl)cc2C)c(Cl)c1. The fourth-order valence-electron chi connectivity index (χ4n) is 1.97. The van der Waals surface area contributed by atoms with Crippen molar-refractivity contribution in [1.29, 1.82) is 0 Å². The Morgan fingerprint density at radius 1 is 1.05 bits per heavy atom. The van der Waals surface area contributed by atoms with E-state index in [0.717, 1.165) is 11.1 Å². The van der Waals surface area contributed by atoms with Gasteiger partial charge in [-0.2, -0.15) is 0 Å². The fraction of sp³-hybridized carbons (Fsp3) is 0.200. The van der Waals surface area contributed by atoms with E-state index in [9.17, 15) is 5.11 Å². The van der Waals surface area contributed by atoms with Crippen molar-refractivity contribution in [2.45, 2.75) is 13.0 Å². The number of methoxy groups -OCH3 is 1. The third-order valence-corrected chi connectivity index (χ3v) is 3.59. The molecule has 0 aliphatic carbocycles. The Morgan fingerprint density at radius 2 is 1.74 bits per heavy atom. The summed E-state index contributed by atoms with van der Waals surface area (Å²) in [6.07, 6.45) is -0.782. The van der Waals surface area contributed by atoms with Crippen LogP contribution in [0.25, 0.3) is 0 Å². The Labute approximate surface area is 122 Å². The van der Waals surface area contributed by atoms with E-state index in [2.05, 4.69) is 0 Å². The van der Waals surface area contributed by atoms with Gasteiger partial charge in [-0.25, -0.2) is 0 Å². The molecule has 0 aliphatic heterocycles. The lowest BCUT2D eigenvalue weighted by Crippen LogP contribution is -2.03. The second kappa shape index (κ2) is 5.83. The maximum atomic E-state index is 10.4. The molecule has 100 valence electrons. The number of halogens is 2. The molecule has 0 bridgehead atoms. The van der Waals surface area contributed by atoms with Crippen molar-refractivity contribution >= 4 is 23.2 Å². The van der Waals surface area contributed by atoms with Gasteiger partial charge < -0.3 is 9.84 Å². The summed E-state index contributed by atoms with van der Waals surface area (Å²) in [6, 6.07) is 10.6. The molecule has 1 atom stereocenters. The molecule has 1 unspecified atom stereocenters. The van der Waals surface area contributed by atoms with E-state index in [1.807, 2.05) is 19.1 Å². The largest absolute Gasteiger partial charge is 0.497 e. The normalized spacial score (nSPS) is 12.3. The van der Waals surface area contributed by atoms with Gasteiger partial charge in [0.2, 0.25) is 0 Å². The molecule has 0 saturated carbocycles. The molecule has 0 heterocycles. The summed E-state index contributed by atoms with van der Waals surface area (Å²) in [5.74, 6) is 0.661. The van der Waals surface area contributed by atoms with Gasteiger partial charge >= 0.3 is 0 Å². The molecule has 0 fully saturated rings. The molecular formula is C15H14Cl2O2. The van der Waals surface area contributed by atoms with Crippen LogP contribution in [0.15, 0.2) is 36.4 Å². The molecule has 2 aromatic carbocycles. The lowest BCUT2D eigenvalue weighted by atomic mass is 9.97. The van der Waals surface area contributed by atoms with E-state index in [1.54, 1.807) is 31.4 Å². The molecule has 0 aromatic heterocycles. The Morgan fingerprint density at radius 3 is 2.32 bits per heavy atom. The van der Waals surface area contributed by atoms with Gasteiger partial charge in [-0.05, 0) is 42.3 Å². The first-order valence-electron chi connectivity index (χ1n) is 5.80. The molecule has 19 heavy (non-hydrogen) atoms. The van der Waals surface area contributed by atoms with Gasteiger partial charge in [-0.1, -0.05) is 35.3 Å². The highest BCUT2D eigenvalue weighted by molar-refractivity contribution is 6.31. The number of ether oxygens (including phenoxy) is 1. The quantitative estimate of drug-likeness (QED) is 0.910. The predicted octanol–water partition coefficient (Wildman–Crippen LogP) is 4.39. The number of benzene rings is 2. The molecule has 2 nitrogen and oxygen atoms in total. The number of aliphatic hydroxyl groups excluding tert-OH is 1. The average Bonchev–Trinajstić information content (AvgIpc) is 2.37. The molecule has 0 saturated heterocycles. The Kier molecular flexibility index (Phi) is 4.35. The second-order valence-corrected chi connectivity index (χ2v) is 5.13. The number of aryl methyl sites for hydroxylation is 1. The van der Waals surface area contributed by atoms with Crippen LogP contribution in [0.4, 0.5) is 0 Å². The van der Waals surface area contributed by atoms with Crippen LogP contribution in [0.5, 0.6) is 5.75 Å². The summed E-state index contributed by atoms with van der Waals surface area (Å²) in [6.45, 7) is 1.90. The van der Waals surface area contributed by atoms with E-state index < -0.39 is 6.10 Å². The fourth-order valence-corrected chi connectivity index (χ4v) is 2.47. The van der Waals surface area contributed by atoms with Gasteiger partial charge in [0.05, 0.1) is 12.1 Å². The topological polar surface area (TPSA) is 29.5 Å². The second-order valence-electron chi connectivity index (χ2n) is 4.29. The highest BCUT2D eigenvalue weighted by Gasteiger charge is 2.16. The molecule has 0 aliphatic rings. The molecule has 1 N–H and O–H groups in total. The van der Waals surface area contributed by atoms with Crippen molar-refractivity contribution in [1.82, 2.24) is 0 Å². The number of rotatable bonds is 3. The van der Waals surface area contributed by atoms with E-state index >= 15 is 0 Å². The summed E-state index contributed by atoms with van der Waals surface area (Å²) < 4.78 is 5.09. The summed E-state index contributed by atoms with van der Waals surface area (Å²) in [7, 11) is 1.57. The van der Waals surface area contributed by atoms with Crippen LogP contribution in [0, 0.1) is 6.92 Å². The summed E-state index contributed by atoms with van der Waals surface area (Å²) in [5.41, 5.74) is 2.36. The van der Waals surface area contributed by atoms with E-state index in [4.69, 9.17) is 27.9 Å². The Hall–Kier alpha value is -1.22. The van der Waals surface area contributed by atoms with Crippen molar-refractivity contribution in [3.63, 3.8) is 0 Å². The summed E-state index contributed by atoms with van der Waals surface area (Å²) in [4.78, 5) is 0. The van der Waals surface area contributed by atoms with Crippen molar-refractivity contribution in [2.75, 3.05) is 7.11 Å². The minimum atomic E-state index is -0.782. The maximum Gasteiger partial charge on any atom is 0.120 e. The maximum absolute atomic E-state index is 10.4. The van der Waals surface area contributed by atoms with Crippen molar-refractivity contribution in [3.8, 4) is 5.75 Å². The van der Waals surface area contributed by atoms with Crippen LogP contribution in [0.3, 0.4) is 0 Å². The van der Waals surface area contributed by atoms with Gasteiger partial charge in [-0.3, -0.25) is 0 Å². The van der Waals surface area contributed by atoms with Crippen LogP contribution in [-0.4, -0.2) is 12.2 Å². The van der Waals surface area contributed by atoms with Gasteiger partial charge in [0, 0.05) is 10.6 Å². The Balaban J connectivity index is 2.41. The molecular weight excluding hydrogens is 283 g/mol.